The minimum Gasteiger partial charge on any atom is -0.348 e. The van der Waals surface area contributed by atoms with Gasteiger partial charge in [-0.25, -0.2) is 0 Å². The Hall–Kier alpha value is -1.63. The molecule has 3 rings (SSSR count). The predicted octanol–water partition coefficient (Wildman–Crippen LogP) is -0.489. The Morgan fingerprint density at radius 1 is 0.926 bits per heavy atom. The fourth-order valence-corrected chi connectivity index (χ4v) is 4.23. The standard InChI is InChI=1S/C20H29ClN4O2/c21-17-8-4-5-9-18(17)23-20(27)15-25-12-10-24(11-13-25)14-19(26)22-16-6-2-1-3-7-16/h4-5,8-9,16H,1-3,6-7,10-15H2,(H,22,26)(H,23,27)/p+2. The largest absolute Gasteiger partial charge is 0.348 e. The number of rotatable bonds is 6. The third-order valence-corrected chi connectivity index (χ3v) is 5.93. The lowest BCUT2D eigenvalue weighted by Gasteiger charge is -2.30. The van der Waals surface area contributed by atoms with Crippen LogP contribution in [0.4, 0.5) is 5.69 Å². The normalized spacial score (nSPS) is 23.6. The van der Waals surface area contributed by atoms with E-state index >= 15 is 0 Å². The highest BCUT2D eigenvalue weighted by molar-refractivity contribution is 6.33. The van der Waals surface area contributed by atoms with Gasteiger partial charge in [0.1, 0.15) is 26.2 Å². The van der Waals surface area contributed by atoms with Gasteiger partial charge in [-0.1, -0.05) is 43.0 Å². The van der Waals surface area contributed by atoms with Gasteiger partial charge >= 0.3 is 0 Å². The lowest BCUT2D eigenvalue weighted by Crippen LogP contribution is -3.28. The molecule has 0 radical (unpaired) electrons. The number of benzene rings is 1. The van der Waals surface area contributed by atoms with Crippen molar-refractivity contribution >= 4 is 29.1 Å². The monoisotopic (exact) mass is 394 g/mol. The van der Waals surface area contributed by atoms with Crippen molar-refractivity contribution in [1.82, 2.24) is 5.32 Å². The number of carbonyl (C=O) groups excluding carboxylic acids is 2. The lowest BCUT2D eigenvalue weighted by molar-refractivity contribution is -1.00. The minimum absolute atomic E-state index is 0.0170. The number of halogens is 1. The first kappa shape index (κ1) is 20.1. The molecule has 1 saturated heterocycles. The summed E-state index contributed by atoms with van der Waals surface area (Å²) in [4.78, 5) is 27.1. The quantitative estimate of drug-likeness (QED) is 0.526. The molecule has 7 heteroatoms. The number of piperazine rings is 1. The summed E-state index contributed by atoms with van der Waals surface area (Å²) in [6, 6.07) is 7.66. The molecule has 0 aromatic heterocycles. The summed E-state index contributed by atoms with van der Waals surface area (Å²) in [5.74, 6) is 0.161. The lowest BCUT2D eigenvalue weighted by atomic mass is 9.95. The molecule has 1 heterocycles. The van der Waals surface area contributed by atoms with Gasteiger partial charge in [-0.05, 0) is 25.0 Å². The van der Waals surface area contributed by atoms with Gasteiger partial charge in [-0.3, -0.25) is 9.59 Å². The van der Waals surface area contributed by atoms with Gasteiger partial charge in [0.15, 0.2) is 13.1 Å². The summed E-state index contributed by atoms with van der Waals surface area (Å²) in [7, 11) is 0. The minimum atomic E-state index is -0.0170. The zero-order chi connectivity index (χ0) is 19.1. The average Bonchev–Trinajstić information content (AvgIpc) is 2.66. The van der Waals surface area contributed by atoms with Crippen molar-refractivity contribution < 1.29 is 19.4 Å². The highest BCUT2D eigenvalue weighted by Gasteiger charge is 2.27. The summed E-state index contributed by atoms with van der Waals surface area (Å²) in [5, 5.41) is 6.64. The zero-order valence-corrected chi connectivity index (χ0v) is 16.6. The Bertz CT molecular complexity index is 641. The van der Waals surface area contributed by atoms with Gasteiger partial charge in [0.25, 0.3) is 11.8 Å². The first-order chi connectivity index (χ1) is 13.1. The van der Waals surface area contributed by atoms with E-state index in [-0.39, 0.29) is 11.8 Å². The van der Waals surface area contributed by atoms with Gasteiger partial charge in [0, 0.05) is 6.04 Å². The van der Waals surface area contributed by atoms with Gasteiger partial charge in [-0.2, -0.15) is 0 Å². The molecule has 1 aliphatic heterocycles. The summed E-state index contributed by atoms with van der Waals surface area (Å²) in [6.07, 6.45) is 6.01. The van der Waals surface area contributed by atoms with E-state index in [0.29, 0.717) is 29.8 Å². The Morgan fingerprint density at radius 3 is 2.15 bits per heavy atom. The SMILES string of the molecule is O=C(C[NH+]1CC[NH+](CC(=O)NC2CCCCC2)CC1)Nc1ccccc1Cl. The Morgan fingerprint density at radius 2 is 1.52 bits per heavy atom. The van der Waals surface area contributed by atoms with E-state index in [2.05, 4.69) is 10.6 Å². The number of nitrogens with one attached hydrogen (secondary N) is 4. The van der Waals surface area contributed by atoms with Gasteiger partial charge < -0.3 is 20.4 Å². The number of carbonyl (C=O) groups is 2. The van der Waals surface area contributed by atoms with Crippen LogP contribution in [-0.4, -0.2) is 57.1 Å². The van der Waals surface area contributed by atoms with E-state index in [1.165, 1.54) is 29.1 Å². The fourth-order valence-electron chi connectivity index (χ4n) is 4.05. The molecule has 0 spiro atoms. The highest BCUT2D eigenvalue weighted by atomic mass is 35.5. The van der Waals surface area contributed by atoms with Gasteiger partial charge in [-0.15, -0.1) is 0 Å². The zero-order valence-electron chi connectivity index (χ0n) is 15.9. The molecule has 148 valence electrons. The number of hydrogen-bond donors (Lipinski definition) is 4. The Labute approximate surface area is 166 Å². The average molecular weight is 395 g/mol. The first-order valence-corrected chi connectivity index (χ1v) is 10.5. The summed E-state index contributed by atoms with van der Waals surface area (Å²) >= 11 is 6.09. The molecule has 2 fully saturated rings. The van der Waals surface area contributed by atoms with E-state index in [4.69, 9.17) is 11.6 Å². The van der Waals surface area contributed by atoms with Crippen LogP contribution in [0.15, 0.2) is 24.3 Å². The molecule has 2 amide bonds. The van der Waals surface area contributed by atoms with Crippen molar-refractivity contribution in [1.29, 1.82) is 0 Å². The molecule has 1 aromatic rings. The third kappa shape index (κ3) is 6.48. The second kappa shape index (κ2) is 10.1. The first-order valence-electron chi connectivity index (χ1n) is 10.1. The van der Waals surface area contributed by atoms with Gasteiger partial charge in [0.2, 0.25) is 0 Å². The molecule has 1 saturated carbocycles. The van der Waals surface area contributed by atoms with Crippen LogP contribution in [0.25, 0.3) is 0 Å². The number of hydrogen-bond acceptors (Lipinski definition) is 2. The van der Waals surface area contributed by atoms with E-state index in [9.17, 15) is 9.59 Å². The molecule has 27 heavy (non-hydrogen) atoms. The van der Waals surface area contributed by atoms with E-state index in [0.717, 1.165) is 39.0 Å². The van der Waals surface area contributed by atoms with Crippen molar-refractivity contribution in [3.63, 3.8) is 0 Å². The summed E-state index contributed by atoms with van der Waals surface area (Å²) < 4.78 is 0. The maximum Gasteiger partial charge on any atom is 0.279 e. The Balaban J connectivity index is 1.35. The molecule has 6 nitrogen and oxygen atoms in total. The van der Waals surface area contributed by atoms with Crippen LogP contribution in [0.3, 0.4) is 0 Å². The second-order valence-corrected chi connectivity index (χ2v) is 8.19. The number of anilines is 1. The Kier molecular flexibility index (Phi) is 7.50. The van der Waals surface area contributed by atoms with Crippen molar-refractivity contribution in [2.24, 2.45) is 0 Å². The highest BCUT2D eigenvalue weighted by Crippen LogP contribution is 2.20. The van der Waals surface area contributed by atoms with Crippen molar-refractivity contribution in [3.05, 3.63) is 29.3 Å². The molecule has 4 N–H and O–H groups in total. The van der Waals surface area contributed by atoms with E-state index in [1.54, 1.807) is 6.07 Å². The van der Waals surface area contributed by atoms with Crippen LogP contribution in [0, 0.1) is 0 Å². The predicted molar refractivity (Wildman–Crippen MR) is 106 cm³/mol. The number of para-hydroxylation sites is 1. The molecule has 0 bridgehead atoms. The summed E-state index contributed by atoms with van der Waals surface area (Å²) in [6.45, 7) is 4.64. The fraction of sp³-hybridized carbons (Fsp3) is 0.600. The number of amides is 2. The maximum atomic E-state index is 12.3. The topological polar surface area (TPSA) is 67.1 Å². The second-order valence-electron chi connectivity index (χ2n) is 7.78. The van der Waals surface area contributed by atoms with Crippen LogP contribution in [0.2, 0.25) is 5.02 Å². The molecule has 0 unspecified atom stereocenters. The van der Waals surface area contributed by atoms with Crippen LogP contribution in [0.1, 0.15) is 32.1 Å². The third-order valence-electron chi connectivity index (χ3n) is 5.60. The van der Waals surface area contributed by atoms with Crippen molar-refractivity contribution in [3.8, 4) is 0 Å². The smallest absolute Gasteiger partial charge is 0.279 e. The molecule has 1 aromatic carbocycles. The maximum absolute atomic E-state index is 12.3. The van der Waals surface area contributed by atoms with Crippen LogP contribution in [-0.2, 0) is 9.59 Å². The van der Waals surface area contributed by atoms with Gasteiger partial charge in [0.05, 0.1) is 10.7 Å². The van der Waals surface area contributed by atoms with Crippen LogP contribution < -0.4 is 20.4 Å². The summed E-state index contributed by atoms with van der Waals surface area (Å²) in [5.41, 5.74) is 0.659. The molecular weight excluding hydrogens is 364 g/mol. The molecule has 1 aliphatic carbocycles. The van der Waals surface area contributed by atoms with Crippen LogP contribution >= 0.6 is 11.6 Å². The van der Waals surface area contributed by atoms with Crippen molar-refractivity contribution in [2.45, 2.75) is 38.1 Å². The molecule has 0 atom stereocenters. The van der Waals surface area contributed by atoms with E-state index < -0.39 is 0 Å². The number of quaternary nitrogens is 2. The van der Waals surface area contributed by atoms with Crippen molar-refractivity contribution in [2.75, 3.05) is 44.6 Å². The van der Waals surface area contributed by atoms with E-state index in [1.807, 2.05) is 18.2 Å². The molecule has 2 aliphatic rings. The van der Waals surface area contributed by atoms with Crippen LogP contribution in [0.5, 0.6) is 0 Å². The molecular formula is C20H31ClN4O2+2.